The number of aromatic carboxylic acids is 1. The summed E-state index contributed by atoms with van der Waals surface area (Å²) in [6, 6.07) is 4.34. The highest BCUT2D eigenvalue weighted by atomic mass is 35.5. The third-order valence-electron chi connectivity index (χ3n) is 2.10. The second-order valence-corrected chi connectivity index (χ2v) is 3.65. The van der Waals surface area contributed by atoms with E-state index in [1.807, 2.05) is 0 Å². The summed E-state index contributed by atoms with van der Waals surface area (Å²) in [7, 11) is 0. The van der Waals surface area contributed by atoms with E-state index in [2.05, 4.69) is 5.10 Å². The molecule has 1 aromatic heterocycles. The van der Waals surface area contributed by atoms with Gasteiger partial charge in [-0.1, -0.05) is 11.6 Å². The monoisotopic (exact) mass is 256 g/mol. The minimum absolute atomic E-state index is 0.0594. The zero-order valence-electron chi connectivity index (χ0n) is 8.28. The summed E-state index contributed by atoms with van der Waals surface area (Å²) in [5, 5.41) is 11.2. The Morgan fingerprint density at radius 1 is 1.41 bits per heavy atom. The minimum atomic E-state index is -1.28. The van der Waals surface area contributed by atoms with Crippen LogP contribution in [-0.4, -0.2) is 20.9 Å². The van der Waals surface area contributed by atoms with Crippen LogP contribution in [0, 0.1) is 5.82 Å². The second-order valence-electron chi connectivity index (χ2n) is 3.24. The van der Waals surface area contributed by atoms with Gasteiger partial charge in [0.05, 0.1) is 10.7 Å². The summed E-state index contributed by atoms with van der Waals surface area (Å²) >= 11 is 5.80. The largest absolute Gasteiger partial charge is 0.477 e. The third-order valence-corrected chi connectivity index (χ3v) is 2.42. The van der Waals surface area contributed by atoms with Crippen molar-refractivity contribution in [3.05, 3.63) is 51.2 Å². The van der Waals surface area contributed by atoms with Crippen LogP contribution in [0.1, 0.15) is 10.5 Å². The maximum atomic E-state index is 13.0. The summed E-state index contributed by atoms with van der Waals surface area (Å²) in [5.74, 6) is -1.86. The number of aromatic nitrogens is 2. The van der Waals surface area contributed by atoms with Crippen LogP contribution < -0.4 is 5.56 Å². The van der Waals surface area contributed by atoms with Gasteiger partial charge in [0.15, 0.2) is 0 Å². The number of H-pyrrole nitrogens is 1. The van der Waals surface area contributed by atoms with Gasteiger partial charge < -0.3 is 5.11 Å². The molecule has 5 nitrogen and oxygen atoms in total. The molecule has 0 aliphatic rings. The first-order valence-electron chi connectivity index (χ1n) is 4.50. The Bertz CT molecular complexity index is 647. The van der Waals surface area contributed by atoms with Gasteiger partial charge in [-0.15, -0.1) is 0 Å². The Hall–Kier alpha value is -2.08. The number of benzene rings is 1. The molecule has 0 aliphatic heterocycles. The fourth-order valence-electron chi connectivity index (χ4n) is 1.34. The number of carboxylic acid groups (broad SMARTS) is 1. The average molecular weight is 257 g/mol. The molecule has 1 aromatic carbocycles. The number of hydrogen-bond acceptors (Lipinski definition) is 2. The van der Waals surface area contributed by atoms with Crippen molar-refractivity contribution in [2.75, 3.05) is 0 Å². The first-order chi connectivity index (χ1) is 7.99. The van der Waals surface area contributed by atoms with E-state index in [0.717, 1.165) is 22.9 Å². The third kappa shape index (κ3) is 2.07. The SMILES string of the molecule is O=C(O)c1cc(=O)n(-c2cc(F)ccc2Cl)[nH]1. The number of nitrogens with zero attached hydrogens (tertiary/aromatic N) is 1. The van der Waals surface area contributed by atoms with Crippen LogP contribution >= 0.6 is 11.6 Å². The van der Waals surface area contributed by atoms with Gasteiger partial charge in [-0.05, 0) is 12.1 Å². The van der Waals surface area contributed by atoms with E-state index < -0.39 is 17.3 Å². The maximum Gasteiger partial charge on any atom is 0.353 e. The topological polar surface area (TPSA) is 75.1 Å². The van der Waals surface area contributed by atoms with E-state index in [1.54, 1.807) is 0 Å². The number of rotatable bonds is 2. The number of aromatic amines is 1. The maximum absolute atomic E-state index is 13.0. The molecule has 0 radical (unpaired) electrons. The Balaban J connectivity index is 2.64. The van der Waals surface area contributed by atoms with Crippen molar-refractivity contribution in [1.29, 1.82) is 0 Å². The van der Waals surface area contributed by atoms with Gasteiger partial charge in [0.2, 0.25) is 0 Å². The molecule has 0 spiro atoms. The van der Waals surface area contributed by atoms with Crippen molar-refractivity contribution in [3.8, 4) is 5.69 Å². The van der Waals surface area contributed by atoms with Crippen LogP contribution in [0.25, 0.3) is 5.69 Å². The first kappa shape index (κ1) is 11.4. The molecule has 0 saturated carbocycles. The molecular weight excluding hydrogens is 251 g/mol. The molecule has 0 saturated heterocycles. The highest BCUT2D eigenvalue weighted by molar-refractivity contribution is 6.32. The zero-order valence-corrected chi connectivity index (χ0v) is 9.03. The normalized spacial score (nSPS) is 10.5. The van der Waals surface area contributed by atoms with Gasteiger partial charge in [0.1, 0.15) is 11.5 Å². The van der Waals surface area contributed by atoms with Crippen molar-refractivity contribution in [3.63, 3.8) is 0 Å². The van der Waals surface area contributed by atoms with E-state index in [9.17, 15) is 14.0 Å². The molecule has 17 heavy (non-hydrogen) atoms. The van der Waals surface area contributed by atoms with Gasteiger partial charge >= 0.3 is 5.97 Å². The fourth-order valence-corrected chi connectivity index (χ4v) is 1.54. The smallest absolute Gasteiger partial charge is 0.353 e. The van der Waals surface area contributed by atoms with Gasteiger partial charge in [0, 0.05) is 12.1 Å². The van der Waals surface area contributed by atoms with Crippen LogP contribution in [-0.2, 0) is 0 Å². The second kappa shape index (κ2) is 4.06. The quantitative estimate of drug-likeness (QED) is 0.858. The highest BCUT2D eigenvalue weighted by Crippen LogP contribution is 2.19. The lowest BCUT2D eigenvalue weighted by Gasteiger charge is -2.04. The number of halogens is 2. The molecule has 88 valence electrons. The number of hydrogen-bond donors (Lipinski definition) is 2. The van der Waals surface area contributed by atoms with Gasteiger partial charge in [-0.25, -0.2) is 13.9 Å². The minimum Gasteiger partial charge on any atom is -0.477 e. The summed E-state index contributed by atoms with van der Waals surface area (Å²) in [4.78, 5) is 22.2. The number of carboxylic acids is 1. The molecule has 0 amide bonds. The van der Waals surface area contributed by atoms with Gasteiger partial charge in [-0.2, -0.15) is 0 Å². The molecule has 0 unspecified atom stereocenters. The Labute approximate surface area is 99.0 Å². The van der Waals surface area contributed by atoms with Crippen LogP contribution in [0.3, 0.4) is 0 Å². The summed E-state index contributed by atoms with van der Waals surface area (Å²) in [5.41, 5.74) is -0.866. The molecule has 0 fully saturated rings. The lowest BCUT2D eigenvalue weighted by molar-refractivity contribution is 0.0690. The standard InChI is InChI=1S/C10H6ClFN2O3/c11-6-2-1-5(12)3-8(6)14-9(15)4-7(13-14)10(16)17/h1-4,13H,(H,16,17). The van der Waals surface area contributed by atoms with Crippen molar-refractivity contribution < 1.29 is 14.3 Å². The summed E-state index contributed by atoms with van der Waals surface area (Å²) < 4.78 is 13.9. The van der Waals surface area contributed by atoms with E-state index in [4.69, 9.17) is 16.7 Å². The van der Waals surface area contributed by atoms with Crippen molar-refractivity contribution in [2.45, 2.75) is 0 Å². The van der Waals surface area contributed by atoms with Crippen LogP contribution in [0.2, 0.25) is 5.02 Å². The van der Waals surface area contributed by atoms with E-state index in [-0.39, 0.29) is 16.4 Å². The molecule has 7 heteroatoms. The molecule has 2 aromatic rings. The Morgan fingerprint density at radius 2 is 2.12 bits per heavy atom. The Kier molecular flexibility index (Phi) is 2.72. The molecule has 0 atom stereocenters. The van der Waals surface area contributed by atoms with E-state index in [1.165, 1.54) is 6.07 Å². The predicted molar refractivity (Wildman–Crippen MR) is 58.3 cm³/mol. The average Bonchev–Trinajstić information content (AvgIpc) is 2.64. The Morgan fingerprint density at radius 3 is 2.71 bits per heavy atom. The number of nitrogens with one attached hydrogen (secondary N) is 1. The zero-order chi connectivity index (χ0) is 12.6. The predicted octanol–water partition coefficient (Wildman–Crippen LogP) is 1.66. The molecular formula is C10H6ClFN2O3. The number of carbonyl (C=O) groups is 1. The molecule has 2 N–H and O–H groups in total. The fraction of sp³-hybridized carbons (Fsp3) is 0. The molecule has 2 rings (SSSR count). The molecule has 1 heterocycles. The lowest BCUT2D eigenvalue weighted by Crippen LogP contribution is -2.14. The van der Waals surface area contributed by atoms with Crippen molar-refractivity contribution in [1.82, 2.24) is 9.78 Å². The summed E-state index contributed by atoms with van der Waals surface area (Å²) in [6.07, 6.45) is 0. The van der Waals surface area contributed by atoms with E-state index in [0.29, 0.717) is 0 Å². The lowest BCUT2D eigenvalue weighted by atomic mass is 10.3. The van der Waals surface area contributed by atoms with Gasteiger partial charge in [-0.3, -0.25) is 9.89 Å². The molecule has 0 aliphatic carbocycles. The first-order valence-corrected chi connectivity index (χ1v) is 4.87. The highest BCUT2D eigenvalue weighted by Gasteiger charge is 2.13. The van der Waals surface area contributed by atoms with Crippen molar-refractivity contribution in [2.24, 2.45) is 0 Å². The van der Waals surface area contributed by atoms with Gasteiger partial charge in [0.25, 0.3) is 5.56 Å². The summed E-state index contributed by atoms with van der Waals surface area (Å²) in [6.45, 7) is 0. The van der Waals surface area contributed by atoms with Crippen LogP contribution in [0.15, 0.2) is 29.1 Å². The molecule has 0 bridgehead atoms. The van der Waals surface area contributed by atoms with E-state index >= 15 is 0 Å². The van der Waals surface area contributed by atoms with Crippen LogP contribution in [0.5, 0.6) is 0 Å². The van der Waals surface area contributed by atoms with Crippen molar-refractivity contribution >= 4 is 17.6 Å². The van der Waals surface area contributed by atoms with Crippen LogP contribution in [0.4, 0.5) is 4.39 Å².